The van der Waals surface area contributed by atoms with Crippen molar-refractivity contribution in [3.8, 4) is 0 Å². The van der Waals surface area contributed by atoms with Gasteiger partial charge in [0.1, 0.15) is 0 Å². The number of amides is 1. The van der Waals surface area contributed by atoms with E-state index in [1.54, 1.807) is 19.3 Å². The van der Waals surface area contributed by atoms with Crippen molar-refractivity contribution in [2.45, 2.75) is 33.2 Å². The van der Waals surface area contributed by atoms with E-state index in [0.717, 1.165) is 30.8 Å². The lowest BCUT2D eigenvalue weighted by Crippen LogP contribution is -2.33. The number of pyridine rings is 1. The third kappa shape index (κ3) is 3.36. The standard InChI is InChI=1S/C17H22N4O2/c1-12-8-13(2)21(19-12)11-17(6-7-17)10-18-16(23)14-4-5-15(22)20(3)9-14/h4-5,8-9H,6-7,10-11H2,1-3H3,(H,18,23). The molecule has 122 valence electrons. The van der Waals surface area contributed by atoms with Gasteiger partial charge in [0, 0.05) is 43.5 Å². The van der Waals surface area contributed by atoms with Crippen LogP contribution in [0.2, 0.25) is 0 Å². The van der Waals surface area contributed by atoms with Gasteiger partial charge in [-0.2, -0.15) is 5.10 Å². The van der Waals surface area contributed by atoms with Gasteiger partial charge in [-0.25, -0.2) is 0 Å². The molecule has 0 atom stereocenters. The summed E-state index contributed by atoms with van der Waals surface area (Å²) in [5.41, 5.74) is 2.67. The number of aryl methyl sites for hydroxylation is 3. The summed E-state index contributed by atoms with van der Waals surface area (Å²) in [6, 6.07) is 5.05. The monoisotopic (exact) mass is 314 g/mol. The molecule has 0 bridgehead atoms. The summed E-state index contributed by atoms with van der Waals surface area (Å²) in [5.74, 6) is -0.139. The first-order chi connectivity index (χ1) is 10.9. The molecule has 0 radical (unpaired) electrons. The number of nitrogens with one attached hydrogen (secondary N) is 1. The summed E-state index contributed by atoms with van der Waals surface area (Å²) in [6.45, 7) is 5.51. The summed E-state index contributed by atoms with van der Waals surface area (Å²) in [7, 11) is 1.64. The number of aromatic nitrogens is 3. The van der Waals surface area contributed by atoms with Crippen molar-refractivity contribution in [2.24, 2.45) is 12.5 Å². The van der Waals surface area contributed by atoms with Crippen LogP contribution in [0.15, 0.2) is 29.2 Å². The van der Waals surface area contributed by atoms with Crippen molar-refractivity contribution in [1.29, 1.82) is 0 Å². The van der Waals surface area contributed by atoms with E-state index in [2.05, 4.69) is 23.4 Å². The second-order valence-electron chi connectivity index (χ2n) is 6.63. The molecular weight excluding hydrogens is 292 g/mol. The molecule has 2 heterocycles. The molecule has 1 aliphatic rings. The zero-order valence-electron chi connectivity index (χ0n) is 13.8. The van der Waals surface area contributed by atoms with Crippen molar-refractivity contribution in [1.82, 2.24) is 19.7 Å². The fraction of sp³-hybridized carbons (Fsp3) is 0.471. The number of hydrogen-bond acceptors (Lipinski definition) is 3. The molecule has 2 aromatic heterocycles. The quantitative estimate of drug-likeness (QED) is 0.907. The van der Waals surface area contributed by atoms with Crippen LogP contribution in [0.25, 0.3) is 0 Å². The average Bonchev–Trinajstić information content (AvgIpc) is 3.19. The Morgan fingerprint density at radius 3 is 2.65 bits per heavy atom. The first-order valence-corrected chi connectivity index (χ1v) is 7.85. The van der Waals surface area contributed by atoms with Crippen LogP contribution in [-0.4, -0.2) is 26.8 Å². The second-order valence-corrected chi connectivity index (χ2v) is 6.63. The SMILES string of the molecule is Cc1cc(C)n(CC2(CNC(=O)c3ccc(=O)n(C)c3)CC2)n1. The van der Waals surface area contributed by atoms with E-state index in [0.29, 0.717) is 12.1 Å². The van der Waals surface area contributed by atoms with Gasteiger partial charge in [-0.1, -0.05) is 0 Å². The van der Waals surface area contributed by atoms with Crippen LogP contribution < -0.4 is 10.9 Å². The zero-order chi connectivity index (χ0) is 16.6. The molecule has 6 heteroatoms. The van der Waals surface area contributed by atoms with Crippen LogP contribution in [0.3, 0.4) is 0 Å². The number of carbonyl (C=O) groups is 1. The highest BCUT2D eigenvalue weighted by molar-refractivity contribution is 5.93. The molecule has 2 aromatic rings. The van der Waals surface area contributed by atoms with Crippen molar-refractivity contribution < 1.29 is 4.79 Å². The fourth-order valence-electron chi connectivity index (χ4n) is 2.82. The molecule has 6 nitrogen and oxygen atoms in total. The van der Waals surface area contributed by atoms with E-state index in [4.69, 9.17) is 0 Å². The fourth-order valence-corrected chi connectivity index (χ4v) is 2.82. The Labute approximate surface area is 135 Å². The lowest BCUT2D eigenvalue weighted by atomic mass is 10.1. The first-order valence-electron chi connectivity index (χ1n) is 7.85. The highest BCUT2D eigenvalue weighted by atomic mass is 16.2. The molecule has 1 N–H and O–H groups in total. The largest absolute Gasteiger partial charge is 0.351 e. The predicted octanol–water partition coefficient (Wildman–Crippen LogP) is 1.41. The van der Waals surface area contributed by atoms with E-state index in [1.807, 2.05) is 11.6 Å². The van der Waals surface area contributed by atoms with E-state index < -0.39 is 0 Å². The maximum Gasteiger partial charge on any atom is 0.252 e. The molecule has 0 unspecified atom stereocenters. The molecule has 0 saturated heterocycles. The van der Waals surface area contributed by atoms with Crippen LogP contribution in [0.1, 0.15) is 34.6 Å². The zero-order valence-corrected chi connectivity index (χ0v) is 13.8. The van der Waals surface area contributed by atoms with Crippen molar-refractivity contribution in [3.05, 3.63) is 51.7 Å². The normalized spacial score (nSPS) is 15.4. The number of rotatable bonds is 5. The number of carbonyl (C=O) groups excluding carboxylic acids is 1. The Hall–Kier alpha value is -2.37. The van der Waals surface area contributed by atoms with Gasteiger partial charge in [-0.3, -0.25) is 14.3 Å². The number of hydrogen-bond donors (Lipinski definition) is 1. The summed E-state index contributed by atoms with van der Waals surface area (Å²) < 4.78 is 3.44. The maximum absolute atomic E-state index is 12.3. The molecule has 23 heavy (non-hydrogen) atoms. The van der Waals surface area contributed by atoms with Crippen molar-refractivity contribution in [3.63, 3.8) is 0 Å². The van der Waals surface area contributed by atoms with E-state index in [9.17, 15) is 9.59 Å². The molecule has 1 amide bonds. The third-order valence-corrected chi connectivity index (χ3v) is 4.52. The van der Waals surface area contributed by atoms with Gasteiger partial charge in [0.25, 0.3) is 5.91 Å². The lowest BCUT2D eigenvalue weighted by Gasteiger charge is -2.17. The van der Waals surface area contributed by atoms with Crippen LogP contribution in [-0.2, 0) is 13.6 Å². The van der Waals surface area contributed by atoms with Crippen LogP contribution >= 0.6 is 0 Å². The lowest BCUT2D eigenvalue weighted by molar-refractivity contribution is 0.0941. The van der Waals surface area contributed by atoms with Crippen molar-refractivity contribution >= 4 is 5.91 Å². The van der Waals surface area contributed by atoms with Gasteiger partial charge in [-0.15, -0.1) is 0 Å². The smallest absolute Gasteiger partial charge is 0.252 e. The number of nitrogens with zero attached hydrogens (tertiary/aromatic N) is 3. The molecule has 1 saturated carbocycles. The average molecular weight is 314 g/mol. The molecule has 0 aliphatic heterocycles. The van der Waals surface area contributed by atoms with Crippen LogP contribution in [0, 0.1) is 19.3 Å². The molecule has 0 aromatic carbocycles. The van der Waals surface area contributed by atoms with Gasteiger partial charge < -0.3 is 9.88 Å². The highest BCUT2D eigenvalue weighted by Crippen LogP contribution is 2.46. The van der Waals surface area contributed by atoms with Gasteiger partial charge in [-0.05, 0) is 38.8 Å². The minimum atomic E-state index is -0.139. The Morgan fingerprint density at radius 2 is 2.09 bits per heavy atom. The Kier molecular flexibility index (Phi) is 3.83. The second kappa shape index (κ2) is 5.68. The topological polar surface area (TPSA) is 68.9 Å². The van der Waals surface area contributed by atoms with Gasteiger partial charge >= 0.3 is 0 Å². The highest BCUT2D eigenvalue weighted by Gasteiger charge is 2.43. The molecule has 1 aliphatic carbocycles. The molecular formula is C17H22N4O2. The minimum absolute atomic E-state index is 0.111. The van der Waals surface area contributed by atoms with Crippen LogP contribution in [0.4, 0.5) is 0 Å². The van der Waals surface area contributed by atoms with E-state index in [-0.39, 0.29) is 16.9 Å². The van der Waals surface area contributed by atoms with E-state index in [1.165, 1.54) is 10.6 Å². The summed E-state index contributed by atoms with van der Waals surface area (Å²) in [6.07, 6.45) is 3.76. The minimum Gasteiger partial charge on any atom is -0.351 e. The summed E-state index contributed by atoms with van der Waals surface area (Å²) >= 11 is 0. The van der Waals surface area contributed by atoms with Crippen molar-refractivity contribution in [2.75, 3.05) is 6.54 Å². The Morgan fingerprint density at radius 1 is 1.35 bits per heavy atom. The summed E-state index contributed by atoms with van der Waals surface area (Å²) in [5, 5.41) is 7.51. The molecule has 0 spiro atoms. The predicted molar refractivity (Wildman–Crippen MR) is 87.4 cm³/mol. The molecule has 1 fully saturated rings. The maximum atomic E-state index is 12.3. The van der Waals surface area contributed by atoms with Gasteiger partial charge in [0.15, 0.2) is 0 Å². The van der Waals surface area contributed by atoms with Gasteiger partial charge in [0.2, 0.25) is 5.56 Å². The van der Waals surface area contributed by atoms with Gasteiger partial charge in [0.05, 0.1) is 11.3 Å². The van der Waals surface area contributed by atoms with E-state index >= 15 is 0 Å². The third-order valence-electron chi connectivity index (χ3n) is 4.52. The Bertz CT molecular complexity index is 799. The molecule has 3 rings (SSSR count). The van der Waals surface area contributed by atoms with Crippen LogP contribution in [0.5, 0.6) is 0 Å². The Balaban J connectivity index is 1.63. The summed E-state index contributed by atoms with van der Waals surface area (Å²) in [4.78, 5) is 23.6. The first kappa shape index (κ1) is 15.5.